The first-order chi connectivity index (χ1) is 10.8. The predicted molar refractivity (Wildman–Crippen MR) is 83.5 cm³/mol. The SMILES string of the molecule is CN1/C(=C\c2ccc(O)c(O)c2)C(=O)c2ccccc2S1(=O)=O. The van der Waals surface area contributed by atoms with Crippen LogP contribution in [0.5, 0.6) is 11.5 Å². The molecule has 0 atom stereocenters. The van der Waals surface area contributed by atoms with Crippen LogP contribution in [0.1, 0.15) is 15.9 Å². The predicted octanol–water partition coefficient (Wildman–Crippen LogP) is 1.96. The number of phenolic OH excluding ortho intramolecular Hbond substituents is 2. The van der Waals surface area contributed by atoms with Crippen molar-refractivity contribution < 1.29 is 23.4 Å². The van der Waals surface area contributed by atoms with E-state index in [1.54, 1.807) is 12.1 Å². The van der Waals surface area contributed by atoms with Crippen molar-refractivity contribution in [3.8, 4) is 11.5 Å². The van der Waals surface area contributed by atoms with Gasteiger partial charge in [-0.15, -0.1) is 0 Å². The summed E-state index contributed by atoms with van der Waals surface area (Å²) in [7, 11) is -2.51. The highest BCUT2D eigenvalue weighted by atomic mass is 32.2. The summed E-state index contributed by atoms with van der Waals surface area (Å²) in [5.41, 5.74) is 0.471. The summed E-state index contributed by atoms with van der Waals surface area (Å²) in [6.07, 6.45) is 1.36. The Morgan fingerprint density at radius 1 is 1.04 bits per heavy atom. The molecule has 0 amide bonds. The molecule has 0 aliphatic carbocycles. The first-order valence-corrected chi connectivity index (χ1v) is 8.12. The smallest absolute Gasteiger partial charge is 0.264 e. The Kier molecular flexibility index (Phi) is 3.37. The van der Waals surface area contributed by atoms with E-state index in [0.717, 1.165) is 4.31 Å². The van der Waals surface area contributed by atoms with Crippen molar-refractivity contribution >= 4 is 21.9 Å². The lowest BCUT2D eigenvalue weighted by atomic mass is 10.1. The Labute approximate surface area is 133 Å². The third-order valence-corrected chi connectivity index (χ3v) is 5.47. The van der Waals surface area contributed by atoms with E-state index in [-0.39, 0.29) is 27.7 Å². The van der Waals surface area contributed by atoms with Crippen LogP contribution < -0.4 is 0 Å². The van der Waals surface area contributed by atoms with Crippen molar-refractivity contribution in [3.05, 3.63) is 59.3 Å². The highest BCUT2D eigenvalue weighted by Crippen LogP contribution is 2.33. The zero-order chi connectivity index (χ0) is 16.8. The number of likely N-dealkylation sites (N-methyl/N-ethyl adjacent to an activating group) is 1. The summed E-state index contributed by atoms with van der Waals surface area (Å²) in [4.78, 5) is 12.6. The third kappa shape index (κ3) is 2.35. The van der Waals surface area contributed by atoms with Crippen LogP contribution in [0.2, 0.25) is 0 Å². The summed E-state index contributed by atoms with van der Waals surface area (Å²) >= 11 is 0. The molecular formula is C16H13NO5S. The van der Waals surface area contributed by atoms with Crippen LogP contribution in [-0.4, -0.2) is 35.8 Å². The molecule has 1 heterocycles. The van der Waals surface area contributed by atoms with Crippen LogP contribution in [-0.2, 0) is 10.0 Å². The molecule has 0 saturated heterocycles. The first kappa shape index (κ1) is 15.1. The number of carbonyl (C=O) groups is 1. The number of allylic oxidation sites excluding steroid dienone is 1. The van der Waals surface area contributed by atoms with Gasteiger partial charge in [-0.05, 0) is 35.9 Å². The molecular weight excluding hydrogens is 318 g/mol. The van der Waals surface area contributed by atoms with E-state index in [1.807, 2.05) is 0 Å². The first-order valence-electron chi connectivity index (χ1n) is 6.68. The number of ketones is 1. The number of phenols is 2. The molecule has 0 radical (unpaired) electrons. The van der Waals surface area contributed by atoms with E-state index in [9.17, 15) is 23.4 Å². The molecule has 0 bridgehead atoms. The molecule has 3 rings (SSSR count). The molecule has 1 aliphatic rings. The summed E-state index contributed by atoms with van der Waals surface area (Å²) in [5, 5.41) is 18.8. The molecule has 0 aromatic heterocycles. The van der Waals surface area contributed by atoms with E-state index >= 15 is 0 Å². The van der Waals surface area contributed by atoms with Crippen molar-refractivity contribution in [3.63, 3.8) is 0 Å². The average molecular weight is 331 g/mol. The van der Waals surface area contributed by atoms with Gasteiger partial charge in [0.2, 0.25) is 5.78 Å². The summed E-state index contributed by atoms with van der Waals surface area (Å²) in [6, 6.07) is 9.99. The monoisotopic (exact) mass is 331 g/mol. The van der Waals surface area contributed by atoms with Crippen molar-refractivity contribution in [2.45, 2.75) is 4.90 Å². The Hall–Kier alpha value is -2.80. The molecule has 6 nitrogen and oxygen atoms in total. The number of rotatable bonds is 1. The maximum atomic E-state index is 12.6. The van der Waals surface area contributed by atoms with Gasteiger partial charge in [-0.2, -0.15) is 0 Å². The number of hydrogen-bond acceptors (Lipinski definition) is 5. The fraction of sp³-hybridized carbons (Fsp3) is 0.0625. The van der Waals surface area contributed by atoms with Crippen LogP contribution in [0.25, 0.3) is 6.08 Å². The van der Waals surface area contributed by atoms with E-state index in [0.29, 0.717) is 5.56 Å². The second-order valence-electron chi connectivity index (χ2n) is 5.08. The Balaban J connectivity index is 2.19. The third-order valence-electron chi connectivity index (χ3n) is 3.64. The molecule has 7 heteroatoms. The minimum atomic E-state index is -3.81. The van der Waals surface area contributed by atoms with Gasteiger partial charge in [0.05, 0.1) is 4.90 Å². The second-order valence-corrected chi connectivity index (χ2v) is 7.01. The lowest BCUT2D eigenvalue weighted by Crippen LogP contribution is -2.36. The fourth-order valence-electron chi connectivity index (χ4n) is 2.38. The van der Waals surface area contributed by atoms with Crippen LogP contribution in [0.4, 0.5) is 0 Å². The van der Waals surface area contributed by atoms with Gasteiger partial charge in [-0.1, -0.05) is 18.2 Å². The molecule has 0 unspecified atom stereocenters. The van der Waals surface area contributed by atoms with Crippen molar-refractivity contribution in [2.24, 2.45) is 0 Å². The van der Waals surface area contributed by atoms with Crippen LogP contribution >= 0.6 is 0 Å². The quantitative estimate of drug-likeness (QED) is 0.615. The van der Waals surface area contributed by atoms with Gasteiger partial charge in [0.25, 0.3) is 10.0 Å². The molecule has 23 heavy (non-hydrogen) atoms. The Morgan fingerprint density at radius 2 is 1.74 bits per heavy atom. The highest BCUT2D eigenvalue weighted by molar-refractivity contribution is 7.89. The largest absolute Gasteiger partial charge is 0.504 e. The van der Waals surface area contributed by atoms with Crippen molar-refractivity contribution in [1.29, 1.82) is 0 Å². The lowest BCUT2D eigenvalue weighted by Gasteiger charge is -2.27. The van der Waals surface area contributed by atoms with Gasteiger partial charge in [0, 0.05) is 12.6 Å². The minimum absolute atomic E-state index is 0.0294. The Morgan fingerprint density at radius 3 is 2.43 bits per heavy atom. The zero-order valence-corrected chi connectivity index (χ0v) is 12.9. The van der Waals surface area contributed by atoms with Gasteiger partial charge in [0.1, 0.15) is 5.70 Å². The maximum Gasteiger partial charge on any atom is 0.264 e. The molecule has 2 N–H and O–H groups in total. The number of fused-ring (bicyclic) bond motifs is 1. The second kappa shape index (κ2) is 5.13. The van der Waals surface area contributed by atoms with Crippen LogP contribution in [0.3, 0.4) is 0 Å². The van der Waals surface area contributed by atoms with Gasteiger partial charge in [0.15, 0.2) is 11.5 Å². The summed E-state index contributed by atoms with van der Waals surface area (Å²) < 4.78 is 25.9. The van der Waals surface area contributed by atoms with Crippen molar-refractivity contribution in [2.75, 3.05) is 7.05 Å². The average Bonchev–Trinajstić information content (AvgIpc) is 2.53. The van der Waals surface area contributed by atoms with E-state index in [1.165, 1.54) is 43.5 Å². The molecule has 1 aliphatic heterocycles. The maximum absolute atomic E-state index is 12.6. The molecule has 0 fully saturated rings. The number of nitrogens with zero attached hydrogens (tertiary/aromatic N) is 1. The number of aromatic hydroxyl groups is 2. The number of carbonyl (C=O) groups excluding carboxylic acids is 1. The normalized spacial score (nSPS) is 18.0. The molecule has 2 aromatic rings. The van der Waals surface area contributed by atoms with Crippen molar-refractivity contribution in [1.82, 2.24) is 4.31 Å². The Bertz CT molecular complexity index is 947. The highest BCUT2D eigenvalue weighted by Gasteiger charge is 2.36. The van der Waals surface area contributed by atoms with E-state index < -0.39 is 15.8 Å². The summed E-state index contributed by atoms with van der Waals surface area (Å²) in [5.74, 6) is -1.08. The van der Waals surface area contributed by atoms with E-state index in [4.69, 9.17) is 0 Å². The van der Waals surface area contributed by atoms with Gasteiger partial charge in [-0.3, -0.25) is 9.10 Å². The summed E-state index contributed by atoms with van der Waals surface area (Å²) in [6.45, 7) is 0. The topological polar surface area (TPSA) is 94.9 Å². The number of hydrogen-bond donors (Lipinski definition) is 2. The number of Topliss-reactive ketones (excluding diaryl/α,β-unsaturated/α-hetero) is 1. The molecule has 118 valence electrons. The van der Waals surface area contributed by atoms with Crippen LogP contribution in [0, 0.1) is 0 Å². The van der Waals surface area contributed by atoms with Crippen LogP contribution in [0.15, 0.2) is 53.1 Å². The molecule has 0 saturated carbocycles. The number of benzene rings is 2. The van der Waals surface area contributed by atoms with Gasteiger partial charge < -0.3 is 10.2 Å². The van der Waals surface area contributed by atoms with Gasteiger partial charge in [-0.25, -0.2) is 8.42 Å². The molecule has 0 spiro atoms. The standard InChI is InChI=1S/C16H13NO5S/c1-17-12(8-10-6-7-13(18)14(19)9-10)16(20)11-4-2-3-5-15(11)23(17,21)22/h2-9,18-19H,1H3/b12-8-. The minimum Gasteiger partial charge on any atom is -0.504 e. The zero-order valence-electron chi connectivity index (χ0n) is 12.1. The van der Waals surface area contributed by atoms with Gasteiger partial charge >= 0.3 is 0 Å². The van der Waals surface area contributed by atoms with E-state index in [2.05, 4.69) is 0 Å². The number of sulfonamides is 1. The fourth-order valence-corrected chi connectivity index (χ4v) is 3.76. The molecule has 2 aromatic carbocycles. The lowest BCUT2D eigenvalue weighted by molar-refractivity contribution is 0.101.